The zero-order valence-electron chi connectivity index (χ0n) is 7.84. The third-order valence-corrected chi connectivity index (χ3v) is 2.69. The van der Waals surface area contributed by atoms with E-state index in [-0.39, 0.29) is 12.5 Å². The molecule has 1 aliphatic rings. The molecule has 1 aliphatic heterocycles. The first-order valence-corrected chi connectivity index (χ1v) is 4.78. The van der Waals surface area contributed by atoms with Crippen molar-refractivity contribution in [3.8, 4) is 0 Å². The van der Waals surface area contributed by atoms with Crippen LogP contribution in [0.25, 0.3) is 0 Å². The first-order valence-electron chi connectivity index (χ1n) is 4.78. The maximum atomic E-state index is 9.82. The van der Waals surface area contributed by atoms with Crippen molar-refractivity contribution in [2.45, 2.75) is 18.1 Å². The number of benzene rings is 1. The van der Waals surface area contributed by atoms with Crippen LogP contribution in [0.1, 0.15) is 11.5 Å². The van der Waals surface area contributed by atoms with E-state index in [1.54, 1.807) is 0 Å². The van der Waals surface area contributed by atoms with Gasteiger partial charge in [0.25, 0.3) is 0 Å². The van der Waals surface area contributed by atoms with Gasteiger partial charge in [0.2, 0.25) is 0 Å². The summed E-state index contributed by atoms with van der Waals surface area (Å²) in [6.07, 6.45) is -1.03. The highest BCUT2D eigenvalue weighted by molar-refractivity contribution is 5.22. The van der Waals surface area contributed by atoms with E-state index in [9.17, 15) is 5.11 Å². The molecule has 2 rings (SSSR count). The standard InChI is InChI=1S/C11H14O3/c12-6-10-11(13)9(7-14-10)8-4-2-1-3-5-8/h1-5,9-13H,6-7H2/t9-,10-,11+/m1/s1. The smallest absolute Gasteiger partial charge is 0.107 e. The zero-order chi connectivity index (χ0) is 9.97. The summed E-state index contributed by atoms with van der Waals surface area (Å²) in [5.41, 5.74) is 1.07. The van der Waals surface area contributed by atoms with Crippen LogP contribution in [0, 0.1) is 0 Å². The van der Waals surface area contributed by atoms with Gasteiger partial charge in [-0.25, -0.2) is 0 Å². The lowest BCUT2D eigenvalue weighted by atomic mass is 9.94. The average Bonchev–Trinajstić information content (AvgIpc) is 2.61. The van der Waals surface area contributed by atoms with Crippen LogP contribution in [0.3, 0.4) is 0 Å². The predicted molar refractivity (Wildman–Crippen MR) is 52.0 cm³/mol. The molecule has 0 amide bonds. The first-order chi connectivity index (χ1) is 6.83. The van der Waals surface area contributed by atoms with E-state index in [2.05, 4.69) is 0 Å². The Kier molecular flexibility index (Phi) is 2.82. The Labute approximate surface area is 83.0 Å². The van der Waals surface area contributed by atoms with E-state index in [0.717, 1.165) is 5.56 Å². The highest BCUT2D eigenvalue weighted by Gasteiger charge is 2.35. The Morgan fingerprint density at radius 1 is 1.29 bits per heavy atom. The van der Waals surface area contributed by atoms with Crippen molar-refractivity contribution in [3.63, 3.8) is 0 Å². The topological polar surface area (TPSA) is 49.7 Å². The predicted octanol–water partition coefficient (Wildman–Crippen LogP) is 0.522. The first kappa shape index (κ1) is 9.65. The Balaban J connectivity index is 2.14. The molecule has 14 heavy (non-hydrogen) atoms. The summed E-state index contributed by atoms with van der Waals surface area (Å²) in [5, 5.41) is 18.7. The Bertz CT molecular complexity index is 286. The molecule has 1 saturated heterocycles. The normalized spacial score (nSPS) is 32.0. The number of aliphatic hydroxyl groups is 2. The largest absolute Gasteiger partial charge is 0.394 e. The minimum absolute atomic E-state index is 0.00616. The van der Waals surface area contributed by atoms with Crippen LogP contribution >= 0.6 is 0 Å². The maximum Gasteiger partial charge on any atom is 0.107 e. The fraction of sp³-hybridized carbons (Fsp3) is 0.455. The highest BCUT2D eigenvalue weighted by atomic mass is 16.5. The van der Waals surface area contributed by atoms with Crippen LogP contribution in [-0.4, -0.2) is 35.6 Å². The summed E-state index contributed by atoms with van der Waals surface area (Å²) < 4.78 is 5.28. The lowest BCUT2D eigenvalue weighted by molar-refractivity contribution is 0.00324. The second-order valence-corrected chi connectivity index (χ2v) is 3.56. The molecule has 0 saturated carbocycles. The summed E-state index contributed by atoms with van der Waals surface area (Å²) in [6.45, 7) is 0.362. The minimum atomic E-state index is -0.595. The number of hydrogen-bond acceptors (Lipinski definition) is 3. The van der Waals surface area contributed by atoms with Gasteiger partial charge in [-0.3, -0.25) is 0 Å². The molecule has 1 heterocycles. The molecular weight excluding hydrogens is 180 g/mol. The second kappa shape index (κ2) is 4.09. The molecule has 3 heteroatoms. The van der Waals surface area contributed by atoms with Gasteiger partial charge in [0.1, 0.15) is 6.10 Å². The van der Waals surface area contributed by atoms with Crippen molar-refractivity contribution in [2.75, 3.05) is 13.2 Å². The molecule has 0 bridgehead atoms. The Hall–Kier alpha value is -0.900. The molecular formula is C11H14O3. The Morgan fingerprint density at radius 3 is 2.57 bits per heavy atom. The third-order valence-electron chi connectivity index (χ3n) is 2.69. The van der Waals surface area contributed by atoms with Crippen molar-refractivity contribution in [1.29, 1.82) is 0 Å². The van der Waals surface area contributed by atoms with Gasteiger partial charge in [-0.1, -0.05) is 30.3 Å². The third kappa shape index (κ3) is 1.66. The van der Waals surface area contributed by atoms with Crippen molar-refractivity contribution in [1.82, 2.24) is 0 Å². The lowest BCUT2D eigenvalue weighted by Crippen LogP contribution is -2.28. The summed E-state index contributed by atoms with van der Waals surface area (Å²) in [7, 11) is 0. The summed E-state index contributed by atoms with van der Waals surface area (Å²) in [6, 6.07) is 9.76. The monoisotopic (exact) mass is 194 g/mol. The van der Waals surface area contributed by atoms with Crippen molar-refractivity contribution >= 4 is 0 Å². The number of aliphatic hydroxyl groups excluding tert-OH is 2. The van der Waals surface area contributed by atoms with E-state index < -0.39 is 12.2 Å². The lowest BCUT2D eigenvalue weighted by Gasteiger charge is -2.15. The van der Waals surface area contributed by atoms with E-state index >= 15 is 0 Å². The zero-order valence-corrected chi connectivity index (χ0v) is 7.84. The quantitative estimate of drug-likeness (QED) is 0.721. The molecule has 2 N–H and O–H groups in total. The van der Waals surface area contributed by atoms with Gasteiger partial charge in [0, 0.05) is 5.92 Å². The second-order valence-electron chi connectivity index (χ2n) is 3.56. The molecule has 1 aromatic carbocycles. The summed E-state index contributed by atoms with van der Waals surface area (Å²) in [5.74, 6) is -0.00616. The molecule has 1 aromatic rings. The van der Waals surface area contributed by atoms with Crippen LogP contribution < -0.4 is 0 Å². The van der Waals surface area contributed by atoms with Gasteiger partial charge >= 0.3 is 0 Å². The van der Waals surface area contributed by atoms with E-state index in [1.807, 2.05) is 30.3 Å². The number of ether oxygens (including phenoxy) is 1. The molecule has 3 nitrogen and oxygen atoms in total. The fourth-order valence-electron chi connectivity index (χ4n) is 1.84. The van der Waals surface area contributed by atoms with E-state index in [4.69, 9.17) is 9.84 Å². The molecule has 0 aliphatic carbocycles. The average molecular weight is 194 g/mol. The molecule has 0 spiro atoms. The van der Waals surface area contributed by atoms with Crippen molar-refractivity contribution < 1.29 is 14.9 Å². The van der Waals surface area contributed by atoms with Crippen LogP contribution in [-0.2, 0) is 4.74 Å². The van der Waals surface area contributed by atoms with E-state index in [0.29, 0.717) is 6.61 Å². The van der Waals surface area contributed by atoms with Crippen molar-refractivity contribution in [2.24, 2.45) is 0 Å². The van der Waals surface area contributed by atoms with Crippen LogP contribution in [0.5, 0.6) is 0 Å². The molecule has 0 unspecified atom stereocenters. The van der Waals surface area contributed by atoms with E-state index in [1.165, 1.54) is 0 Å². The number of rotatable bonds is 2. The molecule has 76 valence electrons. The minimum Gasteiger partial charge on any atom is -0.394 e. The fourth-order valence-corrected chi connectivity index (χ4v) is 1.84. The van der Waals surface area contributed by atoms with Gasteiger partial charge in [0.15, 0.2) is 0 Å². The summed E-state index contributed by atoms with van der Waals surface area (Å²) in [4.78, 5) is 0. The number of hydrogen-bond donors (Lipinski definition) is 2. The Morgan fingerprint density at radius 2 is 2.00 bits per heavy atom. The van der Waals surface area contributed by atoms with Gasteiger partial charge in [-0.05, 0) is 5.56 Å². The van der Waals surface area contributed by atoms with Gasteiger partial charge < -0.3 is 14.9 Å². The highest BCUT2D eigenvalue weighted by Crippen LogP contribution is 2.29. The van der Waals surface area contributed by atoms with Gasteiger partial charge in [-0.2, -0.15) is 0 Å². The van der Waals surface area contributed by atoms with Gasteiger partial charge in [0.05, 0.1) is 19.3 Å². The molecule has 1 fully saturated rings. The molecule has 0 radical (unpaired) electrons. The van der Waals surface area contributed by atoms with Crippen LogP contribution in [0.4, 0.5) is 0 Å². The molecule has 3 atom stereocenters. The van der Waals surface area contributed by atoms with Crippen molar-refractivity contribution in [3.05, 3.63) is 35.9 Å². The molecule has 0 aromatic heterocycles. The van der Waals surface area contributed by atoms with Gasteiger partial charge in [-0.15, -0.1) is 0 Å². The van der Waals surface area contributed by atoms with Crippen LogP contribution in [0.2, 0.25) is 0 Å². The summed E-state index contributed by atoms with van der Waals surface area (Å²) >= 11 is 0. The van der Waals surface area contributed by atoms with Crippen LogP contribution in [0.15, 0.2) is 30.3 Å². The SMILES string of the molecule is OC[C@H]1OC[C@H](c2ccccc2)[C@@H]1O. The maximum absolute atomic E-state index is 9.82.